The third-order valence-electron chi connectivity index (χ3n) is 9.65. The van der Waals surface area contributed by atoms with E-state index < -0.39 is 47.9 Å². The van der Waals surface area contributed by atoms with Gasteiger partial charge in [-0.2, -0.15) is 4.39 Å². The number of halogens is 3. The monoisotopic (exact) mass is 728 g/mol. The summed E-state index contributed by atoms with van der Waals surface area (Å²) in [5.41, 5.74) is 2.51. The quantitative estimate of drug-likeness (QED) is 0.125. The minimum atomic E-state index is -1.62. The van der Waals surface area contributed by atoms with Gasteiger partial charge in [-0.15, -0.1) is 0 Å². The summed E-state index contributed by atoms with van der Waals surface area (Å²) in [4.78, 5) is 0. The summed E-state index contributed by atoms with van der Waals surface area (Å²) >= 11 is 6.70. The Kier molecular flexibility index (Phi) is 11.0. The van der Waals surface area contributed by atoms with Crippen molar-refractivity contribution >= 4 is 11.6 Å². The Morgan fingerprint density at radius 2 is 1.29 bits per heavy atom. The largest absolute Gasteiger partial charge is 0.494 e. The molecule has 5 aromatic rings. The molecule has 7 nitrogen and oxygen atoms in total. The molecule has 0 unspecified atom stereocenters. The smallest absolute Gasteiger partial charge is 0.225 e. The Morgan fingerprint density at radius 1 is 0.712 bits per heavy atom. The van der Waals surface area contributed by atoms with Gasteiger partial charge in [0.25, 0.3) is 0 Å². The highest BCUT2D eigenvalue weighted by atomic mass is 35.5. The summed E-state index contributed by atoms with van der Waals surface area (Å²) in [7, 11) is 1.28. The first-order chi connectivity index (χ1) is 25.4. The van der Waals surface area contributed by atoms with Gasteiger partial charge in [0.05, 0.1) is 40.1 Å². The molecule has 0 spiro atoms. The molecular formula is C42H39ClF2O7. The lowest BCUT2D eigenvalue weighted by atomic mass is 9.83. The molecule has 0 aromatic heterocycles. The number of benzene rings is 5. The first-order valence-electron chi connectivity index (χ1n) is 17.1. The van der Waals surface area contributed by atoms with Crippen molar-refractivity contribution < 1.29 is 42.3 Å². The highest BCUT2D eigenvalue weighted by molar-refractivity contribution is 6.31. The van der Waals surface area contributed by atoms with Crippen LogP contribution in [0.3, 0.4) is 0 Å². The maximum atomic E-state index is 15.2. The molecule has 7 rings (SSSR count). The lowest BCUT2D eigenvalue weighted by molar-refractivity contribution is -0.353. The van der Waals surface area contributed by atoms with E-state index in [0.717, 1.165) is 16.7 Å². The molecule has 10 heteroatoms. The second-order valence-corrected chi connectivity index (χ2v) is 13.4. The highest BCUT2D eigenvalue weighted by Crippen LogP contribution is 2.53. The topological polar surface area (TPSA) is 75.6 Å². The fourth-order valence-electron chi connectivity index (χ4n) is 6.93. The summed E-state index contributed by atoms with van der Waals surface area (Å²) in [6.45, 7) is 0.125. The van der Waals surface area contributed by atoms with Gasteiger partial charge in [0.1, 0.15) is 23.9 Å². The van der Waals surface area contributed by atoms with Gasteiger partial charge in [0.2, 0.25) is 11.6 Å². The Balaban J connectivity index is 1.31. The van der Waals surface area contributed by atoms with Crippen molar-refractivity contribution in [3.05, 3.63) is 171 Å². The van der Waals surface area contributed by atoms with Gasteiger partial charge in [-0.25, -0.2) is 4.39 Å². The second-order valence-electron chi connectivity index (χ2n) is 13.0. The molecule has 2 saturated heterocycles. The van der Waals surface area contributed by atoms with Gasteiger partial charge < -0.3 is 33.5 Å². The van der Waals surface area contributed by atoms with Crippen LogP contribution in [-0.4, -0.2) is 49.3 Å². The van der Waals surface area contributed by atoms with Crippen LogP contribution < -0.4 is 4.74 Å². The standard InChI is InChI=1S/C42H39ClF2O7/c1-47-35-20-17-31(36(44)37(35)45)21-32-22-33(18-19-34(32)43)42-40(50-25-30-15-9-4-10-16-30)38(48-23-28-11-5-2-6-12-28)39(41(26-46,52-42)27-51-42)49-24-29-13-7-3-8-14-29/h2-20,22,38-40,46H,21,23-27H2,1H3/t38-,39+,40-,41+,42-/m0/s1. The minimum Gasteiger partial charge on any atom is -0.494 e. The van der Waals surface area contributed by atoms with Crippen LogP contribution in [0.15, 0.2) is 121 Å². The summed E-state index contributed by atoms with van der Waals surface area (Å²) in [6.07, 6.45) is -2.62. The molecular weight excluding hydrogens is 690 g/mol. The average molecular weight is 729 g/mol. The number of aliphatic hydroxyl groups excluding tert-OH is 1. The van der Waals surface area contributed by atoms with Crippen LogP contribution in [0.2, 0.25) is 5.02 Å². The maximum Gasteiger partial charge on any atom is 0.225 e. The van der Waals surface area contributed by atoms with Gasteiger partial charge in [-0.3, -0.25) is 0 Å². The van der Waals surface area contributed by atoms with E-state index >= 15 is 4.39 Å². The Morgan fingerprint density at radius 3 is 1.87 bits per heavy atom. The van der Waals surface area contributed by atoms with Crippen LogP contribution >= 0.6 is 11.6 Å². The van der Waals surface area contributed by atoms with Crippen molar-refractivity contribution in [1.29, 1.82) is 0 Å². The number of hydrogen-bond donors (Lipinski definition) is 1. The highest BCUT2D eigenvalue weighted by Gasteiger charge is 2.69. The van der Waals surface area contributed by atoms with Crippen molar-refractivity contribution in [2.75, 3.05) is 20.3 Å². The van der Waals surface area contributed by atoms with E-state index in [0.29, 0.717) is 16.1 Å². The van der Waals surface area contributed by atoms with Crippen LogP contribution in [0.4, 0.5) is 8.78 Å². The fraction of sp³-hybridized carbons (Fsp3) is 0.286. The van der Waals surface area contributed by atoms with Crippen LogP contribution in [0.25, 0.3) is 0 Å². The van der Waals surface area contributed by atoms with Gasteiger partial charge in [0, 0.05) is 17.0 Å². The van der Waals surface area contributed by atoms with Crippen molar-refractivity contribution in [3.8, 4) is 5.75 Å². The van der Waals surface area contributed by atoms with Gasteiger partial charge >= 0.3 is 0 Å². The lowest BCUT2D eigenvalue weighted by Crippen LogP contribution is -2.67. The predicted octanol–water partition coefficient (Wildman–Crippen LogP) is 7.92. The maximum absolute atomic E-state index is 15.2. The fourth-order valence-corrected chi connectivity index (χ4v) is 7.12. The van der Waals surface area contributed by atoms with E-state index in [4.69, 9.17) is 40.0 Å². The van der Waals surface area contributed by atoms with E-state index in [-0.39, 0.29) is 44.2 Å². The zero-order valence-corrected chi connectivity index (χ0v) is 29.3. The predicted molar refractivity (Wildman–Crippen MR) is 191 cm³/mol. The van der Waals surface area contributed by atoms with Crippen molar-refractivity contribution in [1.82, 2.24) is 0 Å². The number of fused-ring (bicyclic) bond motifs is 2. The zero-order chi connectivity index (χ0) is 36.1. The number of methoxy groups -OCH3 is 1. The summed E-state index contributed by atoms with van der Waals surface area (Å²) in [6, 6.07) is 37.1. The molecule has 2 aliphatic heterocycles. The van der Waals surface area contributed by atoms with Crippen LogP contribution in [0, 0.1) is 11.6 Å². The van der Waals surface area contributed by atoms with Crippen LogP contribution in [-0.2, 0) is 55.7 Å². The van der Waals surface area contributed by atoms with Crippen LogP contribution in [0.5, 0.6) is 5.75 Å². The van der Waals surface area contributed by atoms with E-state index in [9.17, 15) is 9.50 Å². The molecule has 2 fully saturated rings. The minimum absolute atomic E-state index is 0.0348. The molecule has 2 heterocycles. The van der Waals surface area contributed by atoms with E-state index in [1.165, 1.54) is 19.2 Å². The first kappa shape index (κ1) is 36.2. The SMILES string of the molecule is COc1ccc(Cc2cc([C@]34OC[C@@](CO)(O3)[C@H](OCc3ccccc3)[C@H](OCc3ccccc3)[C@@H]4OCc3ccccc3)ccc2Cl)c(F)c1F. The molecule has 270 valence electrons. The summed E-state index contributed by atoms with van der Waals surface area (Å²) in [5, 5.41) is 11.4. The van der Waals surface area contributed by atoms with Gasteiger partial charge in [-0.1, -0.05) is 115 Å². The summed E-state index contributed by atoms with van der Waals surface area (Å²) in [5.74, 6) is -3.92. The molecule has 1 N–H and O–H groups in total. The third-order valence-corrected chi connectivity index (χ3v) is 10.0. The van der Waals surface area contributed by atoms with Gasteiger partial charge in [-0.05, 0) is 46.0 Å². The Labute approximate surface area is 306 Å². The van der Waals surface area contributed by atoms with Crippen LogP contribution in [0.1, 0.15) is 33.4 Å². The van der Waals surface area contributed by atoms with E-state index in [2.05, 4.69) is 0 Å². The van der Waals surface area contributed by atoms with Gasteiger partial charge in [0.15, 0.2) is 11.6 Å². The molecule has 2 aliphatic rings. The molecule has 0 amide bonds. The molecule has 5 aromatic carbocycles. The molecule has 0 saturated carbocycles. The molecule has 5 atom stereocenters. The number of aliphatic hydroxyl groups is 1. The van der Waals surface area contributed by atoms with Crippen molar-refractivity contribution in [3.63, 3.8) is 0 Å². The van der Waals surface area contributed by atoms with Crippen molar-refractivity contribution in [2.24, 2.45) is 0 Å². The Hall–Kier alpha value is -4.19. The zero-order valence-electron chi connectivity index (χ0n) is 28.6. The average Bonchev–Trinajstić information content (AvgIpc) is 3.54. The molecule has 0 radical (unpaired) electrons. The third kappa shape index (κ3) is 7.23. The summed E-state index contributed by atoms with van der Waals surface area (Å²) < 4.78 is 68.6. The van der Waals surface area contributed by atoms with E-state index in [1.54, 1.807) is 18.2 Å². The molecule has 2 bridgehead atoms. The number of hydrogen-bond acceptors (Lipinski definition) is 7. The normalized spacial score (nSPS) is 23.8. The molecule has 0 aliphatic carbocycles. The Bertz CT molecular complexity index is 1950. The first-order valence-corrected chi connectivity index (χ1v) is 17.4. The number of ether oxygens (including phenoxy) is 6. The molecule has 52 heavy (non-hydrogen) atoms. The number of rotatable bonds is 14. The van der Waals surface area contributed by atoms with E-state index in [1.807, 2.05) is 91.0 Å². The second kappa shape index (κ2) is 15.8. The lowest BCUT2D eigenvalue weighted by Gasteiger charge is -2.50. The van der Waals surface area contributed by atoms with Crippen molar-refractivity contribution in [2.45, 2.75) is 55.9 Å².